The molecule has 0 bridgehead atoms. The van der Waals surface area contributed by atoms with Gasteiger partial charge in [0.05, 0.1) is 25.1 Å². The van der Waals surface area contributed by atoms with E-state index in [0.717, 1.165) is 12.1 Å². The lowest BCUT2D eigenvalue weighted by Crippen LogP contribution is -1.98. The summed E-state index contributed by atoms with van der Waals surface area (Å²) in [5, 5.41) is 17.2. The SMILES string of the molecule is CCn1cc(Cn2cc(O)cn2)cn1. The van der Waals surface area contributed by atoms with Crippen molar-refractivity contribution in [3.05, 3.63) is 30.4 Å². The van der Waals surface area contributed by atoms with Crippen LogP contribution in [-0.4, -0.2) is 24.7 Å². The maximum absolute atomic E-state index is 9.08. The summed E-state index contributed by atoms with van der Waals surface area (Å²) >= 11 is 0. The van der Waals surface area contributed by atoms with E-state index in [-0.39, 0.29) is 5.75 Å². The van der Waals surface area contributed by atoms with Gasteiger partial charge in [0.2, 0.25) is 0 Å². The van der Waals surface area contributed by atoms with Gasteiger partial charge in [-0.1, -0.05) is 0 Å². The molecule has 2 aromatic rings. The first kappa shape index (κ1) is 8.80. The van der Waals surface area contributed by atoms with Gasteiger partial charge in [-0.25, -0.2) is 0 Å². The Morgan fingerprint density at radius 2 is 2.00 bits per heavy atom. The molecule has 2 rings (SSSR count). The van der Waals surface area contributed by atoms with Crippen LogP contribution in [0.15, 0.2) is 24.8 Å². The van der Waals surface area contributed by atoms with Gasteiger partial charge in [-0.05, 0) is 6.92 Å². The number of rotatable bonds is 3. The Morgan fingerprint density at radius 3 is 2.57 bits per heavy atom. The molecule has 5 nitrogen and oxygen atoms in total. The van der Waals surface area contributed by atoms with Crippen molar-refractivity contribution in [2.45, 2.75) is 20.0 Å². The number of hydrogen-bond donors (Lipinski definition) is 1. The molecule has 0 spiro atoms. The van der Waals surface area contributed by atoms with E-state index < -0.39 is 0 Å². The van der Waals surface area contributed by atoms with Gasteiger partial charge in [0.25, 0.3) is 0 Å². The second-order valence-electron chi connectivity index (χ2n) is 3.10. The average Bonchev–Trinajstić information content (AvgIpc) is 2.76. The molecule has 0 fully saturated rings. The molecule has 0 atom stereocenters. The van der Waals surface area contributed by atoms with E-state index in [1.54, 1.807) is 10.9 Å². The maximum atomic E-state index is 9.08. The first-order chi connectivity index (χ1) is 6.78. The number of aromatic nitrogens is 4. The van der Waals surface area contributed by atoms with Gasteiger partial charge < -0.3 is 5.11 Å². The molecule has 0 aromatic carbocycles. The van der Waals surface area contributed by atoms with Crippen LogP contribution in [0.2, 0.25) is 0 Å². The largest absolute Gasteiger partial charge is 0.505 e. The summed E-state index contributed by atoms with van der Waals surface area (Å²) in [6.07, 6.45) is 6.79. The van der Waals surface area contributed by atoms with E-state index in [1.807, 2.05) is 24.0 Å². The Labute approximate surface area is 81.6 Å². The molecule has 0 aliphatic heterocycles. The number of aromatic hydroxyl groups is 1. The Morgan fingerprint density at radius 1 is 1.21 bits per heavy atom. The quantitative estimate of drug-likeness (QED) is 0.784. The highest BCUT2D eigenvalue weighted by atomic mass is 16.3. The molecule has 5 heteroatoms. The molecular weight excluding hydrogens is 180 g/mol. The third-order valence-corrected chi connectivity index (χ3v) is 1.97. The summed E-state index contributed by atoms with van der Waals surface area (Å²) in [4.78, 5) is 0. The van der Waals surface area contributed by atoms with Crippen LogP contribution >= 0.6 is 0 Å². The third-order valence-electron chi connectivity index (χ3n) is 1.97. The normalized spacial score (nSPS) is 10.6. The fourth-order valence-electron chi connectivity index (χ4n) is 1.29. The Kier molecular flexibility index (Phi) is 2.22. The van der Waals surface area contributed by atoms with Gasteiger partial charge in [-0.15, -0.1) is 0 Å². The molecule has 0 amide bonds. The van der Waals surface area contributed by atoms with Crippen LogP contribution in [0.25, 0.3) is 0 Å². The Balaban J connectivity index is 2.10. The summed E-state index contributed by atoms with van der Waals surface area (Å²) in [5.41, 5.74) is 1.08. The third kappa shape index (κ3) is 1.76. The van der Waals surface area contributed by atoms with Gasteiger partial charge >= 0.3 is 0 Å². The average molecular weight is 192 g/mol. The predicted octanol–water partition coefficient (Wildman–Crippen LogP) is 0.853. The molecular formula is C9H12N4O. The number of nitrogens with zero attached hydrogens (tertiary/aromatic N) is 4. The van der Waals surface area contributed by atoms with E-state index >= 15 is 0 Å². The van der Waals surface area contributed by atoms with Crippen molar-refractivity contribution in [2.24, 2.45) is 0 Å². The van der Waals surface area contributed by atoms with Crippen LogP contribution in [0.1, 0.15) is 12.5 Å². The fraction of sp³-hybridized carbons (Fsp3) is 0.333. The molecule has 2 aromatic heterocycles. The molecule has 1 N–H and O–H groups in total. The minimum absolute atomic E-state index is 0.188. The smallest absolute Gasteiger partial charge is 0.153 e. The van der Waals surface area contributed by atoms with Crippen LogP contribution in [0.3, 0.4) is 0 Å². The number of hydrogen-bond acceptors (Lipinski definition) is 3. The zero-order valence-electron chi connectivity index (χ0n) is 7.96. The molecule has 0 aliphatic carbocycles. The van der Waals surface area contributed by atoms with Gasteiger partial charge in [0.15, 0.2) is 5.75 Å². The van der Waals surface area contributed by atoms with Crippen molar-refractivity contribution in [3.63, 3.8) is 0 Å². The van der Waals surface area contributed by atoms with E-state index in [4.69, 9.17) is 5.11 Å². The summed E-state index contributed by atoms with van der Waals surface area (Å²) in [6, 6.07) is 0. The Hall–Kier alpha value is -1.78. The molecule has 0 unspecified atom stereocenters. The summed E-state index contributed by atoms with van der Waals surface area (Å²) in [7, 11) is 0. The fourth-order valence-corrected chi connectivity index (χ4v) is 1.29. The minimum atomic E-state index is 0.188. The highest BCUT2D eigenvalue weighted by Gasteiger charge is 2.00. The molecule has 0 radical (unpaired) electrons. The molecule has 0 aliphatic rings. The van der Waals surface area contributed by atoms with Crippen molar-refractivity contribution in [3.8, 4) is 5.75 Å². The summed E-state index contributed by atoms with van der Waals surface area (Å²) in [6.45, 7) is 3.54. The topological polar surface area (TPSA) is 55.9 Å². The number of aryl methyl sites for hydroxylation is 1. The molecule has 2 heterocycles. The van der Waals surface area contributed by atoms with E-state index in [0.29, 0.717) is 6.54 Å². The van der Waals surface area contributed by atoms with Crippen LogP contribution < -0.4 is 0 Å². The van der Waals surface area contributed by atoms with Crippen molar-refractivity contribution in [1.29, 1.82) is 0 Å². The lowest BCUT2D eigenvalue weighted by Gasteiger charge is -1.96. The summed E-state index contributed by atoms with van der Waals surface area (Å²) in [5.74, 6) is 0.188. The second kappa shape index (κ2) is 3.53. The van der Waals surface area contributed by atoms with Gasteiger partial charge in [0, 0.05) is 18.3 Å². The van der Waals surface area contributed by atoms with Crippen LogP contribution in [0.5, 0.6) is 5.75 Å². The van der Waals surface area contributed by atoms with Crippen LogP contribution in [0.4, 0.5) is 0 Å². The highest BCUT2D eigenvalue weighted by molar-refractivity contribution is 5.11. The van der Waals surface area contributed by atoms with Gasteiger partial charge in [-0.2, -0.15) is 10.2 Å². The molecule has 14 heavy (non-hydrogen) atoms. The summed E-state index contributed by atoms with van der Waals surface area (Å²) < 4.78 is 3.53. The van der Waals surface area contributed by atoms with Crippen molar-refractivity contribution < 1.29 is 5.11 Å². The van der Waals surface area contributed by atoms with Gasteiger partial charge in [0.1, 0.15) is 0 Å². The predicted molar refractivity (Wildman–Crippen MR) is 50.9 cm³/mol. The zero-order chi connectivity index (χ0) is 9.97. The second-order valence-corrected chi connectivity index (χ2v) is 3.10. The molecule has 74 valence electrons. The lowest BCUT2D eigenvalue weighted by molar-refractivity contribution is 0.474. The van der Waals surface area contributed by atoms with E-state index in [1.165, 1.54) is 6.20 Å². The van der Waals surface area contributed by atoms with E-state index in [9.17, 15) is 0 Å². The molecule has 0 saturated heterocycles. The Bertz CT molecular complexity index is 418. The first-order valence-electron chi connectivity index (χ1n) is 4.50. The first-order valence-corrected chi connectivity index (χ1v) is 4.50. The van der Waals surface area contributed by atoms with Crippen molar-refractivity contribution >= 4 is 0 Å². The van der Waals surface area contributed by atoms with Gasteiger partial charge in [-0.3, -0.25) is 9.36 Å². The lowest BCUT2D eigenvalue weighted by atomic mass is 10.4. The highest BCUT2D eigenvalue weighted by Crippen LogP contribution is 2.07. The standard InChI is InChI=1S/C9H12N4O/c1-2-12-5-8(3-10-12)6-13-7-9(14)4-11-13/h3-5,7,14H,2,6H2,1H3. The maximum Gasteiger partial charge on any atom is 0.153 e. The van der Waals surface area contributed by atoms with Crippen LogP contribution in [-0.2, 0) is 13.1 Å². The van der Waals surface area contributed by atoms with E-state index in [2.05, 4.69) is 10.2 Å². The minimum Gasteiger partial charge on any atom is -0.505 e. The molecule has 0 saturated carbocycles. The van der Waals surface area contributed by atoms with Crippen molar-refractivity contribution in [2.75, 3.05) is 0 Å². The monoisotopic (exact) mass is 192 g/mol. The van der Waals surface area contributed by atoms with Crippen molar-refractivity contribution in [1.82, 2.24) is 19.6 Å². The zero-order valence-corrected chi connectivity index (χ0v) is 7.96. The van der Waals surface area contributed by atoms with Crippen LogP contribution in [0, 0.1) is 0 Å².